The molecule has 1 rings (SSSR count). The van der Waals surface area contributed by atoms with Crippen LogP contribution in [0.15, 0.2) is 28.7 Å². The lowest BCUT2D eigenvalue weighted by Crippen LogP contribution is -2.38. The van der Waals surface area contributed by atoms with Crippen LogP contribution in [0.3, 0.4) is 0 Å². The molecule has 1 aromatic rings. The molecule has 0 aromatic heterocycles. The van der Waals surface area contributed by atoms with Gasteiger partial charge in [-0.3, -0.25) is 0 Å². The lowest BCUT2D eigenvalue weighted by atomic mass is 10.1. The number of aliphatic hydroxyl groups is 1. The zero-order chi connectivity index (χ0) is 12.9. The number of hydrogen-bond donors (Lipinski definition) is 1. The topological polar surface area (TPSA) is 32.7 Å². The molecule has 0 saturated carbocycles. The molecule has 1 aromatic carbocycles. The second kappa shape index (κ2) is 6.38. The normalized spacial score (nSPS) is 11.9. The molecule has 96 valence electrons. The fourth-order valence-corrected chi connectivity index (χ4v) is 1.99. The highest BCUT2D eigenvalue weighted by Gasteiger charge is 2.15. The second-order valence-electron chi connectivity index (χ2n) is 4.86. The monoisotopic (exact) mass is 301 g/mol. The first-order chi connectivity index (χ1) is 7.87. The summed E-state index contributed by atoms with van der Waals surface area (Å²) >= 11 is 3.40. The second-order valence-corrected chi connectivity index (χ2v) is 5.77. The highest BCUT2D eigenvalue weighted by Crippen LogP contribution is 2.17. The Bertz CT molecular complexity index is 350. The van der Waals surface area contributed by atoms with Gasteiger partial charge in [0.05, 0.1) is 5.60 Å². The van der Waals surface area contributed by atoms with Crippen molar-refractivity contribution in [2.45, 2.75) is 19.4 Å². The van der Waals surface area contributed by atoms with Crippen LogP contribution in [0.5, 0.6) is 5.75 Å². The van der Waals surface area contributed by atoms with Crippen molar-refractivity contribution >= 4 is 15.9 Å². The van der Waals surface area contributed by atoms with Gasteiger partial charge in [0.15, 0.2) is 0 Å². The van der Waals surface area contributed by atoms with E-state index >= 15 is 0 Å². The van der Waals surface area contributed by atoms with Crippen LogP contribution in [0.25, 0.3) is 0 Å². The third-order valence-electron chi connectivity index (χ3n) is 2.19. The quantitative estimate of drug-likeness (QED) is 0.876. The number of likely N-dealkylation sites (N-methyl/N-ethyl adjacent to an activating group) is 1. The van der Waals surface area contributed by atoms with E-state index in [4.69, 9.17) is 4.74 Å². The minimum Gasteiger partial charge on any atom is -0.492 e. The van der Waals surface area contributed by atoms with E-state index in [1.54, 1.807) is 13.8 Å². The van der Waals surface area contributed by atoms with Gasteiger partial charge in [0.1, 0.15) is 12.4 Å². The van der Waals surface area contributed by atoms with Crippen LogP contribution in [0.1, 0.15) is 13.8 Å². The Kier molecular flexibility index (Phi) is 5.43. The van der Waals surface area contributed by atoms with Gasteiger partial charge in [-0.25, -0.2) is 0 Å². The van der Waals surface area contributed by atoms with E-state index in [0.29, 0.717) is 13.2 Å². The summed E-state index contributed by atoms with van der Waals surface area (Å²) in [7, 11) is 1.97. The van der Waals surface area contributed by atoms with Gasteiger partial charge in [-0.05, 0) is 39.1 Å². The minimum atomic E-state index is -0.662. The SMILES string of the molecule is CN(CCOc1cccc(Br)c1)CC(C)(C)O. The van der Waals surface area contributed by atoms with Gasteiger partial charge in [-0.1, -0.05) is 22.0 Å². The van der Waals surface area contributed by atoms with E-state index in [1.165, 1.54) is 0 Å². The number of ether oxygens (including phenoxy) is 1. The number of benzene rings is 1. The molecule has 0 heterocycles. The first-order valence-electron chi connectivity index (χ1n) is 5.66. The van der Waals surface area contributed by atoms with Crippen LogP contribution in [0.4, 0.5) is 0 Å². The van der Waals surface area contributed by atoms with Gasteiger partial charge in [0, 0.05) is 17.6 Å². The Labute approximate surface area is 112 Å². The van der Waals surface area contributed by atoms with Gasteiger partial charge in [-0.2, -0.15) is 0 Å². The van der Waals surface area contributed by atoms with Crippen LogP contribution in [0.2, 0.25) is 0 Å². The Hall–Kier alpha value is -0.580. The predicted molar refractivity (Wildman–Crippen MR) is 73.4 cm³/mol. The summed E-state index contributed by atoms with van der Waals surface area (Å²) in [6, 6.07) is 7.78. The van der Waals surface area contributed by atoms with Crippen LogP contribution in [-0.2, 0) is 0 Å². The molecule has 0 radical (unpaired) electrons. The van der Waals surface area contributed by atoms with Crippen molar-refractivity contribution < 1.29 is 9.84 Å². The molecule has 0 atom stereocenters. The zero-order valence-corrected chi connectivity index (χ0v) is 12.2. The van der Waals surface area contributed by atoms with E-state index in [1.807, 2.05) is 31.3 Å². The van der Waals surface area contributed by atoms with Gasteiger partial charge in [0.2, 0.25) is 0 Å². The molecular weight excluding hydrogens is 282 g/mol. The molecule has 0 saturated heterocycles. The highest BCUT2D eigenvalue weighted by molar-refractivity contribution is 9.10. The van der Waals surface area contributed by atoms with Crippen LogP contribution in [0, 0.1) is 0 Å². The van der Waals surface area contributed by atoms with Crippen LogP contribution < -0.4 is 4.74 Å². The molecule has 0 unspecified atom stereocenters. The Morgan fingerprint density at radius 1 is 1.41 bits per heavy atom. The van der Waals surface area contributed by atoms with Crippen LogP contribution in [-0.4, -0.2) is 42.4 Å². The molecule has 0 amide bonds. The number of nitrogens with zero attached hydrogens (tertiary/aromatic N) is 1. The summed E-state index contributed by atoms with van der Waals surface area (Å²) in [5, 5.41) is 9.65. The maximum atomic E-state index is 9.65. The molecule has 3 nitrogen and oxygen atoms in total. The Morgan fingerprint density at radius 2 is 2.12 bits per heavy atom. The maximum Gasteiger partial charge on any atom is 0.120 e. The van der Waals surface area contributed by atoms with E-state index in [9.17, 15) is 5.11 Å². The van der Waals surface area contributed by atoms with Gasteiger partial charge < -0.3 is 14.7 Å². The maximum absolute atomic E-state index is 9.65. The third kappa shape index (κ3) is 6.66. The summed E-state index contributed by atoms with van der Waals surface area (Å²) in [5.41, 5.74) is -0.662. The van der Waals surface area contributed by atoms with E-state index < -0.39 is 5.60 Å². The molecular formula is C13H20BrNO2. The van der Waals surface area contributed by atoms with Crippen molar-refractivity contribution in [3.63, 3.8) is 0 Å². The van der Waals surface area contributed by atoms with Gasteiger partial charge in [-0.15, -0.1) is 0 Å². The van der Waals surface area contributed by atoms with E-state index in [0.717, 1.165) is 16.8 Å². The van der Waals surface area contributed by atoms with Crippen molar-refractivity contribution in [1.29, 1.82) is 0 Å². The smallest absolute Gasteiger partial charge is 0.120 e. The first kappa shape index (κ1) is 14.5. The number of hydrogen-bond acceptors (Lipinski definition) is 3. The van der Waals surface area contributed by atoms with Gasteiger partial charge >= 0.3 is 0 Å². The van der Waals surface area contributed by atoms with Crippen molar-refractivity contribution in [2.24, 2.45) is 0 Å². The molecule has 0 bridgehead atoms. The molecule has 0 aliphatic rings. The standard InChI is InChI=1S/C13H20BrNO2/c1-13(2,16)10-15(3)7-8-17-12-6-4-5-11(14)9-12/h4-6,9,16H,7-8,10H2,1-3H3. The lowest BCUT2D eigenvalue weighted by molar-refractivity contribution is 0.0411. The van der Waals surface area contributed by atoms with Crippen molar-refractivity contribution in [3.05, 3.63) is 28.7 Å². The summed E-state index contributed by atoms with van der Waals surface area (Å²) in [4.78, 5) is 2.05. The fourth-order valence-electron chi connectivity index (χ4n) is 1.62. The van der Waals surface area contributed by atoms with Gasteiger partial charge in [0.25, 0.3) is 0 Å². The van der Waals surface area contributed by atoms with Crippen molar-refractivity contribution in [2.75, 3.05) is 26.7 Å². The molecule has 0 aliphatic carbocycles. The molecule has 4 heteroatoms. The summed E-state index contributed by atoms with van der Waals surface area (Å²) in [5.74, 6) is 0.857. The number of rotatable bonds is 6. The first-order valence-corrected chi connectivity index (χ1v) is 6.45. The van der Waals surface area contributed by atoms with Crippen molar-refractivity contribution in [3.8, 4) is 5.75 Å². The summed E-state index contributed by atoms with van der Waals surface area (Å²) in [6.45, 7) is 5.64. The van der Waals surface area contributed by atoms with E-state index in [2.05, 4.69) is 20.8 Å². The molecule has 1 N–H and O–H groups in total. The third-order valence-corrected chi connectivity index (χ3v) is 2.69. The summed E-state index contributed by atoms with van der Waals surface area (Å²) < 4.78 is 6.63. The average Bonchev–Trinajstić information content (AvgIpc) is 2.14. The Balaban J connectivity index is 2.28. The van der Waals surface area contributed by atoms with Crippen LogP contribution >= 0.6 is 15.9 Å². The van der Waals surface area contributed by atoms with E-state index in [-0.39, 0.29) is 0 Å². The zero-order valence-electron chi connectivity index (χ0n) is 10.6. The molecule has 0 fully saturated rings. The highest BCUT2D eigenvalue weighted by atomic mass is 79.9. The molecule has 0 spiro atoms. The fraction of sp³-hybridized carbons (Fsp3) is 0.538. The number of halogens is 1. The average molecular weight is 302 g/mol. The molecule has 17 heavy (non-hydrogen) atoms. The van der Waals surface area contributed by atoms with Crippen molar-refractivity contribution in [1.82, 2.24) is 4.90 Å². The largest absolute Gasteiger partial charge is 0.492 e. The Morgan fingerprint density at radius 3 is 2.71 bits per heavy atom. The predicted octanol–water partition coefficient (Wildman–Crippen LogP) is 2.53. The molecule has 0 aliphatic heterocycles. The summed E-state index contributed by atoms with van der Waals surface area (Å²) in [6.07, 6.45) is 0. The lowest BCUT2D eigenvalue weighted by Gasteiger charge is -2.25. The minimum absolute atomic E-state index is 0.614.